The zero-order chi connectivity index (χ0) is 20.3. The Hall–Kier alpha value is -3.90. The number of nitrogens with one attached hydrogen (secondary N) is 2. The van der Waals surface area contributed by atoms with E-state index in [-0.39, 0.29) is 6.03 Å². The molecule has 0 atom stereocenters. The van der Waals surface area contributed by atoms with Gasteiger partial charge in [-0.05, 0) is 47.9 Å². The molecule has 0 aliphatic heterocycles. The fourth-order valence-corrected chi connectivity index (χ4v) is 4.08. The minimum absolute atomic E-state index is 0.338. The van der Waals surface area contributed by atoms with Crippen LogP contribution in [-0.2, 0) is 0 Å². The number of benzene rings is 4. The summed E-state index contributed by atoms with van der Waals surface area (Å²) in [5, 5.41) is 8.41. The van der Waals surface area contributed by atoms with Gasteiger partial charge < -0.3 is 10.1 Å². The van der Waals surface area contributed by atoms with Gasteiger partial charge in [0.2, 0.25) is 0 Å². The highest BCUT2D eigenvalue weighted by atomic mass is 32.1. The first-order valence-corrected chi connectivity index (χ1v) is 10.3. The Balaban J connectivity index is 1.27. The SMILES string of the molecule is O=C(Nc1ccc(Oc2ccccc2)cc1)Nc1nc2c(ccc3ccccc32)s1. The van der Waals surface area contributed by atoms with Crippen LogP contribution in [0.3, 0.4) is 0 Å². The van der Waals surface area contributed by atoms with Crippen molar-refractivity contribution in [3.05, 3.63) is 91.0 Å². The highest BCUT2D eigenvalue weighted by Crippen LogP contribution is 2.31. The number of urea groups is 1. The standard InChI is InChI=1S/C24H17N3O2S/c28-23(25-17-11-13-19(14-12-17)29-18-7-2-1-3-8-18)27-24-26-22-20-9-5-4-6-16(20)10-15-21(22)30-24/h1-15H,(H2,25,26,27,28). The molecular formula is C24H17N3O2S. The minimum atomic E-state index is -0.338. The van der Waals surface area contributed by atoms with E-state index in [1.54, 1.807) is 12.1 Å². The second-order valence-electron chi connectivity index (χ2n) is 6.67. The second kappa shape index (κ2) is 7.85. The van der Waals surface area contributed by atoms with E-state index >= 15 is 0 Å². The molecule has 0 aliphatic rings. The van der Waals surface area contributed by atoms with Crippen LogP contribution in [0.15, 0.2) is 91.0 Å². The van der Waals surface area contributed by atoms with E-state index in [0.717, 1.165) is 26.7 Å². The number of amides is 2. The Morgan fingerprint density at radius 2 is 1.50 bits per heavy atom. The molecule has 0 spiro atoms. The topological polar surface area (TPSA) is 63.2 Å². The average Bonchev–Trinajstić information content (AvgIpc) is 3.19. The van der Waals surface area contributed by atoms with Gasteiger partial charge in [0, 0.05) is 11.1 Å². The van der Waals surface area contributed by atoms with Crippen LogP contribution >= 0.6 is 11.3 Å². The Morgan fingerprint density at radius 3 is 2.33 bits per heavy atom. The van der Waals surface area contributed by atoms with Gasteiger partial charge in [-0.2, -0.15) is 0 Å². The average molecular weight is 411 g/mol. The predicted octanol–water partition coefficient (Wildman–Crippen LogP) is 6.89. The summed E-state index contributed by atoms with van der Waals surface area (Å²) in [6.07, 6.45) is 0. The van der Waals surface area contributed by atoms with Gasteiger partial charge in [0.15, 0.2) is 5.13 Å². The Bertz CT molecular complexity index is 1330. The van der Waals surface area contributed by atoms with Crippen LogP contribution in [0, 0.1) is 0 Å². The molecule has 0 saturated heterocycles. The van der Waals surface area contributed by atoms with Gasteiger partial charge in [-0.3, -0.25) is 5.32 Å². The number of thiazole rings is 1. The molecule has 0 radical (unpaired) electrons. The van der Waals surface area contributed by atoms with Crippen molar-refractivity contribution in [3.8, 4) is 11.5 Å². The van der Waals surface area contributed by atoms with Crippen molar-refractivity contribution in [3.63, 3.8) is 0 Å². The summed E-state index contributed by atoms with van der Waals surface area (Å²) in [5.41, 5.74) is 1.57. The lowest BCUT2D eigenvalue weighted by Gasteiger charge is -2.08. The van der Waals surface area contributed by atoms with Gasteiger partial charge in [0.25, 0.3) is 0 Å². The highest BCUT2D eigenvalue weighted by Gasteiger charge is 2.10. The smallest absolute Gasteiger partial charge is 0.325 e. The molecule has 1 aromatic heterocycles. The maximum absolute atomic E-state index is 12.4. The molecular weight excluding hydrogens is 394 g/mol. The number of aromatic nitrogens is 1. The van der Waals surface area contributed by atoms with Crippen LogP contribution < -0.4 is 15.4 Å². The summed E-state index contributed by atoms with van der Waals surface area (Å²) in [4.78, 5) is 17.0. The maximum atomic E-state index is 12.4. The molecule has 5 aromatic rings. The second-order valence-corrected chi connectivity index (χ2v) is 7.70. The fourth-order valence-electron chi connectivity index (χ4n) is 3.21. The van der Waals surface area contributed by atoms with Gasteiger partial charge in [0.1, 0.15) is 11.5 Å². The molecule has 5 nitrogen and oxygen atoms in total. The lowest BCUT2D eigenvalue weighted by atomic mass is 10.1. The number of carbonyl (C=O) groups excluding carboxylic acids is 1. The van der Waals surface area contributed by atoms with Crippen molar-refractivity contribution >= 4 is 49.2 Å². The summed E-state index contributed by atoms with van der Waals surface area (Å²) in [6.45, 7) is 0. The van der Waals surface area contributed by atoms with Crippen LogP contribution in [0.4, 0.5) is 15.6 Å². The van der Waals surface area contributed by atoms with Crippen molar-refractivity contribution in [1.82, 2.24) is 4.98 Å². The van der Waals surface area contributed by atoms with Crippen LogP contribution in [0.1, 0.15) is 0 Å². The van der Waals surface area contributed by atoms with E-state index in [1.165, 1.54) is 11.3 Å². The number of anilines is 2. The largest absolute Gasteiger partial charge is 0.457 e. The van der Waals surface area contributed by atoms with Crippen molar-refractivity contribution in [1.29, 1.82) is 0 Å². The van der Waals surface area contributed by atoms with Crippen LogP contribution in [0.25, 0.3) is 21.0 Å². The third-order valence-electron chi connectivity index (χ3n) is 4.60. The van der Waals surface area contributed by atoms with E-state index in [1.807, 2.05) is 66.7 Å². The number of hydrogen-bond donors (Lipinski definition) is 2. The lowest BCUT2D eigenvalue weighted by molar-refractivity contribution is 0.262. The molecule has 2 amide bonds. The number of fused-ring (bicyclic) bond motifs is 3. The maximum Gasteiger partial charge on any atom is 0.325 e. The lowest BCUT2D eigenvalue weighted by Crippen LogP contribution is -2.19. The van der Waals surface area contributed by atoms with E-state index in [2.05, 4.69) is 27.8 Å². The first-order chi connectivity index (χ1) is 14.7. The summed E-state index contributed by atoms with van der Waals surface area (Å²) < 4.78 is 6.80. The third-order valence-corrected chi connectivity index (χ3v) is 5.53. The summed E-state index contributed by atoms with van der Waals surface area (Å²) in [7, 11) is 0. The number of carbonyl (C=O) groups is 1. The van der Waals surface area contributed by atoms with E-state index < -0.39 is 0 Å². The molecule has 30 heavy (non-hydrogen) atoms. The van der Waals surface area contributed by atoms with Crippen LogP contribution in [0.5, 0.6) is 11.5 Å². The zero-order valence-electron chi connectivity index (χ0n) is 15.8. The van der Waals surface area contributed by atoms with Gasteiger partial charge >= 0.3 is 6.03 Å². The number of nitrogens with zero attached hydrogens (tertiary/aromatic N) is 1. The molecule has 0 unspecified atom stereocenters. The Kier molecular flexibility index (Phi) is 4.75. The molecule has 0 fully saturated rings. The van der Waals surface area contributed by atoms with Gasteiger partial charge in [-0.1, -0.05) is 59.9 Å². The zero-order valence-corrected chi connectivity index (χ0v) is 16.6. The van der Waals surface area contributed by atoms with Crippen molar-refractivity contribution in [2.45, 2.75) is 0 Å². The first-order valence-electron chi connectivity index (χ1n) is 9.44. The fraction of sp³-hybridized carbons (Fsp3) is 0. The van der Waals surface area contributed by atoms with E-state index in [9.17, 15) is 4.79 Å². The molecule has 0 aliphatic carbocycles. The van der Waals surface area contributed by atoms with Crippen molar-refractivity contribution < 1.29 is 9.53 Å². The molecule has 0 saturated carbocycles. The van der Waals surface area contributed by atoms with Crippen molar-refractivity contribution in [2.75, 3.05) is 10.6 Å². The van der Waals surface area contributed by atoms with Crippen LogP contribution in [-0.4, -0.2) is 11.0 Å². The number of hydrogen-bond acceptors (Lipinski definition) is 4. The third kappa shape index (κ3) is 3.81. The molecule has 146 valence electrons. The summed E-state index contributed by atoms with van der Waals surface area (Å²) in [5.74, 6) is 1.46. The first kappa shape index (κ1) is 18.1. The number of ether oxygens (including phenoxy) is 1. The van der Waals surface area contributed by atoms with Gasteiger partial charge in [0.05, 0.1) is 10.2 Å². The summed E-state index contributed by atoms with van der Waals surface area (Å²) in [6, 6.07) is 28.6. The highest BCUT2D eigenvalue weighted by molar-refractivity contribution is 7.22. The molecule has 0 bridgehead atoms. The number of rotatable bonds is 4. The van der Waals surface area contributed by atoms with E-state index in [0.29, 0.717) is 16.6 Å². The molecule has 2 N–H and O–H groups in total. The van der Waals surface area contributed by atoms with Gasteiger partial charge in [-0.25, -0.2) is 9.78 Å². The van der Waals surface area contributed by atoms with Crippen LogP contribution in [0.2, 0.25) is 0 Å². The van der Waals surface area contributed by atoms with Crippen molar-refractivity contribution in [2.24, 2.45) is 0 Å². The molecule has 5 rings (SSSR count). The van der Waals surface area contributed by atoms with E-state index in [4.69, 9.17) is 4.74 Å². The molecule has 6 heteroatoms. The molecule has 1 heterocycles. The monoisotopic (exact) mass is 411 g/mol. The Morgan fingerprint density at radius 1 is 0.767 bits per heavy atom. The molecule has 4 aromatic carbocycles. The predicted molar refractivity (Wildman–Crippen MR) is 123 cm³/mol. The summed E-state index contributed by atoms with van der Waals surface area (Å²) >= 11 is 1.45. The Labute approximate surface area is 177 Å². The minimum Gasteiger partial charge on any atom is -0.457 e. The quantitative estimate of drug-likeness (QED) is 0.339. The number of para-hydroxylation sites is 1. The van der Waals surface area contributed by atoms with Gasteiger partial charge in [-0.15, -0.1) is 0 Å². The normalized spacial score (nSPS) is 10.8.